The fourth-order valence-electron chi connectivity index (χ4n) is 3.33. The lowest BCUT2D eigenvalue weighted by molar-refractivity contribution is 0.0920. The van der Waals surface area contributed by atoms with Gasteiger partial charge in [-0.05, 0) is 47.5 Å². The van der Waals surface area contributed by atoms with Crippen molar-refractivity contribution in [3.63, 3.8) is 0 Å². The van der Waals surface area contributed by atoms with E-state index in [9.17, 15) is 4.79 Å². The first kappa shape index (κ1) is 22.5. The van der Waals surface area contributed by atoms with Gasteiger partial charge >= 0.3 is 0 Å². The highest BCUT2D eigenvalue weighted by Crippen LogP contribution is 2.18. The highest BCUT2D eigenvalue weighted by Gasteiger charge is 2.14. The maximum atomic E-state index is 12.9. The molecule has 0 amide bonds. The molecule has 0 radical (unpaired) electrons. The van der Waals surface area contributed by atoms with Gasteiger partial charge in [0.25, 0.3) is 0 Å². The number of ketones is 1. The number of methoxy groups -OCH3 is 1. The van der Waals surface area contributed by atoms with Crippen LogP contribution in [0.25, 0.3) is 0 Å². The molecule has 31 heavy (non-hydrogen) atoms. The first-order chi connectivity index (χ1) is 15.2. The lowest BCUT2D eigenvalue weighted by atomic mass is 10.1. The molecule has 0 aliphatic carbocycles. The van der Waals surface area contributed by atoms with E-state index in [1.54, 1.807) is 19.2 Å². The molecular formula is C26H29NO4. The monoisotopic (exact) mass is 419 g/mol. The highest BCUT2D eigenvalue weighted by atomic mass is 16.5. The summed E-state index contributed by atoms with van der Waals surface area (Å²) >= 11 is 0. The van der Waals surface area contributed by atoms with Crippen molar-refractivity contribution in [2.45, 2.75) is 19.5 Å². The van der Waals surface area contributed by atoms with Crippen LogP contribution in [0.15, 0.2) is 78.9 Å². The topological polar surface area (TPSA) is 59.0 Å². The summed E-state index contributed by atoms with van der Waals surface area (Å²) in [7, 11) is 1.61. The van der Waals surface area contributed by atoms with Gasteiger partial charge in [0.1, 0.15) is 11.5 Å². The molecule has 0 aromatic heterocycles. The second-order valence-corrected chi connectivity index (χ2v) is 7.36. The summed E-state index contributed by atoms with van der Waals surface area (Å²) in [5, 5.41) is 8.94. The van der Waals surface area contributed by atoms with Gasteiger partial charge in [0.15, 0.2) is 5.78 Å². The first-order valence-electron chi connectivity index (χ1n) is 10.4. The van der Waals surface area contributed by atoms with Gasteiger partial charge in [0, 0.05) is 31.7 Å². The summed E-state index contributed by atoms with van der Waals surface area (Å²) in [6, 6.07) is 25.3. The van der Waals surface area contributed by atoms with Crippen molar-refractivity contribution in [1.82, 2.24) is 4.90 Å². The Morgan fingerprint density at radius 1 is 0.871 bits per heavy atom. The molecule has 0 saturated carbocycles. The van der Waals surface area contributed by atoms with Crippen LogP contribution < -0.4 is 9.47 Å². The number of hydrogen-bond donors (Lipinski definition) is 1. The van der Waals surface area contributed by atoms with Crippen molar-refractivity contribution in [3.05, 3.63) is 95.6 Å². The van der Waals surface area contributed by atoms with Gasteiger partial charge in [-0.1, -0.05) is 42.5 Å². The third-order valence-corrected chi connectivity index (χ3v) is 4.90. The Morgan fingerprint density at radius 3 is 2.29 bits per heavy atom. The lowest BCUT2D eigenvalue weighted by Crippen LogP contribution is -2.29. The van der Waals surface area contributed by atoms with E-state index >= 15 is 0 Å². The SMILES string of the molecule is COc1ccc(C(=O)CN(Cc2ccccc2)Cc2cccc(OCCCO)c2)cc1. The van der Waals surface area contributed by atoms with E-state index < -0.39 is 0 Å². The molecule has 0 unspecified atom stereocenters. The van der Waals surface area contributed by atoms with E-state index in [-0.39, 0.29) is 12.4 Å². The zero-order chi connectivity index (χ0) is 21.9. The maximum absolute atomic E-state index is 12.9. The molecule has 0 heterocycles. The molecular weight excluding hydrogens is 390 g/mol. The summed E-state index contributed by atoms with van der Waals surface area (Å²) in [5.41, 5.74) is 2.89. The number of rotatable bonds is 12. The molecule has 0 spiro atoms. The van der Waals surface area contributed by atoms with E-state index in [1.807, 2.05) is 54.6 Å². The van der Waals surface area contributed by atoms with Crippen molar-refractivity contribution in [1.29, 1.82) is 0 Å². The average Bonchev–Trinajstić information content (AvgIpc) is 2.80. The number of ether oxygens (including phenoxy) is 2. The van der Waals surface area contributed by atoms with Crippen LogP contribution in [0.4, 0.5) is 0 Å². The van der Waals surface area contributed by atoms with Crippen LogP contribution in [0, 0.1) is 0 Å². The van der Waals surface area contributed by atoms with Crippen molar-refractivity contribution >= 4 is 5.78 Å². The molecule has 0 bridgehead atoms. The minimum absolute atomic E-state index is 0.0638. The number of carbonyl (C=O) groups is 1. The number of carbonyl (C=O) groups excluding carboxylic acids is 1. The Kier molecular flexibility index (Phi) is 8.64. The highest BCUT2D eigenvalue weighted by molar-refractivity contribution is 5.97. The molecule has 5 heteroatoms. The molecule has 0 saturated heterocycles. The number of aliphatic hydroxyl groups is 1. The Morgan fingerprint density at radius 2 is 1.58 bits per heavy atom. The van der Waals surface area contributed by atoms with Crippen LogP contribution in [0.5, 0.6) is 11.5 Å². The maximum Gasteiger partial charge on any atom is 0.176 e. The predicted octanol–water partition coefficient (Wildman–Crippen LogP) is 4.34. The molecule has 0 aliphatic heterocycles. The molecule has 5 nitrogen and oxygen atoms in total. The average molecular weight is 420 g/mol. The summed E-state index contributed by atoms with van der Waals surface area (Å²) < 4.78 is 10.9. The quantitative estimate of drug-likeness (QED) is 0.350. The zero-order valence-corrected chi connectivity index (χ0v) is 17.9. The molecule has 0 atom stereocenters. The first-order valence-corrected chi connectivity index (χ1v) is 10.4. The van der Waals surface area contributed by atoms with Gasteiger partial charge in [0.05, 0.1) is 20.3 Å². The third-order valence-electron chi connectivity index (χ3n) is 4.90. The molecule has 1 N–H and O–H groups in total. The summed E-state index contributed by atoms with van der Waals surface area (Å²) in [6.07, 6.45) is 0.598. The second-order valence-electron chi connectivity index (χ2n) is 7.36. The van der Waals surface area contributed by atoms with Gasteiger partial charge in [0.2, 0.25) is 0 Å². The molecule has 162 valence electrons. The van der Waals surface area contributed by atoms with Crippen LogP contribution in [-0.2, 0) is 13.1 Å². The van der Waals surface area contributed by atoms with E-state index in [4.69, 9.17) is 14.6 Å². The summed E-state index contributed by atoms with van der Waals surface area (Å²) in [4.78, 5) is 15.1. The molecule has 0 fully saturated rings. The number of nitrogens with zero attached hydrogens (tertiary/aromatic N) is 1. The fraction of sp³-hybridized carbons (Fsp3) is 0.269. The van der Waals surface area contributed by atoms with Gasteiger partial charge in [-0.25, -0.2) is 0 Å². The van der Waals surface area contributed by atoms with Crippen molar-refractivity contribution in [3.8, 4) is 11.5 Å². The molecule has 0 aliphatic rings. The van der Waals surface area contributed by atoms with E-state index in [2.05, 4.69) is 17.0 Å². The van der Waals surface area contributed by atoms with Crippen LogP contribution in [-0.4, -0.2) is 42.7 Å². The van der Waals surface area contributed by atoms with Crippen molar-refractivity contribution < 1.29 is 19.4 Å². The van der Waals surface area contributed by atoms with Gasteiger partial charge in [-0.15, -0.1) is 0 Å². The van der Waals surface area contributed by atoms with E-state index in [0.717, 1.165) is 22.6 Å². The minimum atomic E-state index is 0.0638. The number of hydrogen-bond acceptors (Lipinski definition) is 5. The van der Waals surface area contributed by atoms with Crippen LogP contribution in [0.3, 0.4) is 0 Å². The van der Waals surface area contributed by atoms with Crippen LogP contribution in [0.1, 0.15) is 27.9 Å². The zero-order valence-electron chi connectivity index (χ0n) is 17.9. The van der Waals surface area contributed by atoms with Crippen LogP contribution >= 0.6 is 0 Å². The van der Waals surface area contributed by atoms with Crippen molar-refractivity contribution in [2.24, 2.45) is 0 Å². The van der Waals surface area contributed by atoms with Crippen molar-refractivity contribution in [2.75, 3.05) is 26.9 Å². The van der Waals surface area contributed by atoms with Crippen LogP contribution in [0.2, 0.25) is 0 Å². The summed E-state index contributed by atoms with van der Waals surface area (Å²) in [6.45, 7) is 2.17. The smallest absolute Gasteiger partial charge is 0.176 e. The largest absolute Gasteiger partial charge is 0.497 e. The van der Waals surface area contributed by atoms with E-state index in [0.29, 0.717) is 38.2 Å². The standard InChI is InChI=1S/C26H29NO4/c1-30-24-13-11-23(12-14-24)26(29)20-27(18-21-7-3-2-4-8-21)19-22-9-5-10-25(17-22)31-16-6-15-28/h2-5,7-14,17,28H,6,15-16,18-20H2,1H3. The Labute approximate surface area is 183 Å². The third kappa shape index (κ3) is 7.24. The molecule has 3 rings (SSSR count). The predicted molar refractivity (Wildman–Crippen MR) is 122 cm³/mol. The second kappa shape index (κ2) is 11.9. The van der Waals surface area contributed by atoms with Gasteiger partial charge < -0.3 is 14.6 Å². The van der Waals surface area contributed by atoms with Gasteiger partial charge in [-0.2, -0.15) is 0 Å². The fourth-order valence-corrected chi connectivity index (χ4v) is 3.33. The molecule has 3 aromatic carbocycles. The molecule has 3 aromatic rings. The number of benzene rings is 3. The Hall–Kier alpha value is -3.15. The number of Topliss-reactive ketones (excluding diaryl/α,β-unsaturated/α-hetero) is 1. The Bertz CT molecular complexity index is 941. The normalized spacial score (nSPS) is 10.8. The Balaban J connectivity index is 1.73. The van der Waals surface area contributed by atoms with Gasteiger partial charge in [-0.3, -0.25) is 9.69 Å². The lowest BCUT2D eigenvalue weighted by Gasteiger charge is -2.22. The van der Waals surface area contributed by atoms with E-state index in [1.165, 1.54) is 0 Å². The summed E-state index contributed by atoms with van der Waals surface area (Å²) in [5.74, 6) is 1.57. The minimum Gasteiger partial charge on any atom is -0.497 e. The number of aliphatic hydroxyl groups excluding tert-OH is 1.